The SMILES string of the molecule is CC(C)[C@H](N)C(=O)N1CCC[C@H]1C(=O)N[C@@H](C)C(=O)N[C@H](C(=O)NCC(=O)O)C(C)C. The highest BCUT2D eigenvalue weighted by Gasteiger charge is 2.38. The van der Waals surface area contributed by atoms with Gasteiger partial charge < -0.3 is 31.7 Å². The summed E-state index contributed by atoms with van der Waals surface area (Å²) in [5.74, 6) is -3.54. The fourth-order valence-electron chi connectivity index (χ4n) is 3.24. The van der Waals surface area contributed by atoms with Crippen molar-refractivity contribution in [1.82, 2.24) is 20.9 Å². The molecule has 0 unspecified atom stereocenters. The average molecular weight is 442 g/mol. The van der Waals surface area contributed by atoms with Crippen LogP contribution in [0.4, 0.5) is 0 Å². The number of rotatable bonds is 10. The monoisotopic (exact) mass is 441 g/mol. The Bertz CT molecular complexity index is 696. The first-order chi connectivity index (χ1) is 14.4. The summed E-state index contributed by atoms with van der Waals surface area (Å²) < 4.78 is 0. The van der Waals surface area contributed by atoms with Crippen molar-refractivity contribution >= 4 is 29.6 Å². The van der Waals surface area contributed by atoms with Gasteiger partial charge in [0.2, 0.25) is 23.6 Å². The normalized spacial score (nSPS) is 19.0. The van der Waals surface area contributed by atoms with Crippen molar-refractivity contribution in [3.8, 4) is 0 Å². The number of carboxylic acids is 1. The fourth-order valence-corrected chi connectivity index (χ4v) is 3.24. The van der Waals surface area contributed by atoms with E-state index in [1.807, 2.05) is 13.8 Å². The van der Waals surface area contributed by atoms with Crippen LogP contribution in [0.3, 0.4) is 0 Å². The van der Waals surface area contributed by atoms with Gasteiger partial charge in [0.05, 0.1) is 6.04 Å². The van der Waals surface area contributed by atoms with Gasteiger partial charge in [-0.15, -0.1) is 0 Å². The van der Waals surface area contributed by atoms with E-state index in [0.717, 1.165) is 0 Å². The van der Waals surface area contributed by atoms with Crippen LogP contribution in [0.2, 0.25) is 0 Å². The molecule has 0 aromatic rings. The second kappa shape index (κ2) is 11.6. The lowest BCUT2D eigenvalue weighted by molar-refractivity contribution is -0.141. The predicted octanol–water partition coefficient (Wildman–Crippen LogP) is -1.19. The van der Waals surface area contributed by atoms with E-state index in [1.54, 1.807) is 13.8 Å². The lowest BCUT2D eigenvalue weighted by Gasteiger charge is -2.29. The molecule has 4 atom stereocenters. The first-order valence-corrected chi connectivity index (χ1v) is 10.5. The molecule has 1 heterocycles. The summed E-state index contributed by atoms with van der Waals surface area (Å²) in [6.45, 7) is 8.41. The summed E-state index contributed by atoms with van der Waals surface area (Å²) in [7, 11) is 0. The Kier molecular flexibility index (Phi) is 9.89. The number of carboxylic acid groups (broad SMARTS) is 1. The lowest BCUT2D eigenvalue weighted by Crippen LogP contribution is -2.57. The molecule has 4 amide bonds. The molecule has 1 aliphatic rings. The third kappa shape index (κ3) is 7.50. The van der Waals surface area contributed by atoms with Crippen LogP contribution >= 0.6 is 0 Å². The van der Waals surface area contributed by atoms with E-state index in [1.165, 1.54) is 11.8 Å². The van der Waals surface area contributed by atoms with Crippen molar-refractivity contribution < 1.29 is 29.1 Å². The third-order valence-corrected chi connectivity index (χ3v) is 5.25. The van der Waals surface area contributed by atoms with Crippen molar-refractivity contribution in [2.45, 2.75) is 71.6 Å². The molecule has 0 spiro atoms. The van der Waals surface area contributed by atoms with Gasteiger partial charge >= 0.3 is 5.97 Å². The van der Waals surface area contributed by atoms with Crippen LogP contribution in [0.25, 0.3) is 0 Å². The fraction of sp³-hybridized carbons (Fsp3) is 0.750. The standard InChI is InChI=1S/C20H35N5O6/c1-10(2)15(21)20(31)25-8-6-7-13(25)18(29)23-12(5)17(28)24-16(11(3)4)19(30)22-9-14(26)27/h10-13,15-16H,6-9,21H2,1-5H3,(H,22,30)(H,23,29)(H,24,28)(H,26,27)/t12-,13-,15-,16-/m0/s1. The summed E-state index contributed by atoms with van der Waals surface area (Å²) in [4.78, 5) is 62.1. The number of carbonyl (C=O) groups is 5. The molecule has 0 aromatic carbocycles. The predicted molar refractivity (Wildman–Crippen MR) is 113 cm³/mol. The molecule has 6 N–H and O–H groups in total. The molecule has 0 bridgehead atoms. The molecule has 1 rings (SSSR count). The van der Waals surface area contributed by atoms with E-state index in [4.69, 9.17) is 10.8 Å². The van der Waals surface area contributed by atoms with Crippen LogP contribution in [-0.4, -0.2) is 76.9 Å². The molecule has 1 aliphatic heterocycles. The van der Waals surface area contributed by atoms with Crippen molar-refractivity contribution in [1.29, 1.82) is 0 Å². The van der Waals surface area contributed by atoms with Gasteiger partial charge in [-0.25, -0.2) is 0 Å². The number of hydrogen-bond acceptors (Lipinski definition) is 6. The second-order valence-corrected chi connectivity index (χ2v) is 8.53. The Morgan fingerprint density at radius 2 is 1.61 bits per heavy atom. The number of amides is 4. The Labute approximate surface area is 182 Å². The van der Waals surface area contributed by atoms with E-state index in [0.29, 0.717) is 19.4 Å². The topological polar surface area (TPSA) is 171 Å². The lowest BCUT2D eigenvalue weighted by atomic mass is 10.0. The smallest absolute Gasteiger partial charge is 0.322 e. The number of aliphatic carboxylic acids is 1. The highest BCUT2D eigenvalue weighted by Crippen LogP contribution is 2.20. The minimum absolute atomic E-state index is 0.0678. The maximum Gasteiger partial charge on any atom is 0.322 e. The molecule has 0 radical (unpaired) electrons. The van der Waals surface area contributed by atoms with Gasteiger partial charge in [0.1, 0.15) is 24.7 Å². The number of nitrogens with one attached hydrogen (secondary N) is 3. The number of likely N-dealkylation sites (tertiary alicyclic amines) is 1. The molecule has 0 aromatic heterocycles. The van der Waals surface area contributed by atoms with Gasteiger partial charge in [-0.2, -0.15) is 0 Å². The van der Waals surface area contributed by atoms with Crippen molar-refractivity contribution in [2.24, 2.45) is 17.6 Å². The average Bonchev–Trinajstić information content (AvgIpc) is 3.18. The number of carbonyl (C=O) groups excluding carboxylic acids is 4. The molecule has 31 heavy (non-hydrogen) atoms. The van der Waals surface area contributed by atoms with Gasteiger partial charge in [0, 0.05) is 6.54 Å². The van der Waals surface area contributed by atoms with Gasteiger partial charge in [-0.3, -0.25) is 24.0 Å². The van der Waals surface area contributed by atoms with Crippen molar-refractivity contribution in [2.75, 3.05) is 13.1 Å². The van der Waals surface area contributed by atoms with Crippen LogP contribution in [-0.2, 0) is 24.0 Å². The summed E-state index contributed by atoms with van der Waals surface area (Å²) in [5, 5.41) is 16.1. The van der Waals surface area contributed by atoms with Gasteiger partial charge in [0.25, 0.3) is 0 Å². The summed E-state index contributed by atoms with van der Waals surface area (Å²) in [6.07, 6.45) is 1.14. The zero-order chi connectivity index (χ0) is 23.9. The summed E-state index contributed by atoms with van der Waals surface area (Å²) >= 11 is 0. The highest BCUT2D eigenvalue weighted by atomic mass is 16.4. The molecular formula is C20H35N5O6. The Balaban J connectivity index is 2.73. The molecule has 176 valence electrons. The number of nitrogens with two attached hydrogens (primary N) is 1. The Hall–Kier alpha value is -2.69. The van der Waals surface area contributed by atoms with Crippen LogP contribution in [0.5, 0.6) is 0 Å². The number of nitrogens with zero attached hydrogens (tertiary/aromatic N) is 1. The quantitative estimate of drug-likeness (QED) is 0.283. The molecule has 0 saturated carbocycles. The van der Waals surface area contributed by atoms with Crippen LogP contribution in [0, 0.1) is 11.8 Å². The van der Waals surface area contributed by atoms with Crippen LogP contribution < -0.4 is 21.7 Å². The molecule has 0 aliphatic carbocycles. The zero-order valence-corrected chi connectivity index (χ0v) is 18.8. The number of hydrogen-bond donors (Lipinski definition) is 5. The molecule has 1 fully saturated rings. The van der Waals surface area contributed by atoms with Gasteiger partial charge in [0.15, 0.2) is 0 Å². The maximum atomic E-state index is 12.7. The van der Waals surface area contributed by atoms with Crippen molar-refractivity contribution in [3.63, 3.8) is 0 Å². The highest BCUT2D eigenvalue weighted by molar-refractivity contribution is 5.95. The molecule has 1 saturated heterocycles. The van der Waals surface area contributed by atoms with E-state index in [-0.39, 0.29) is 17.7 Å². The third-order valence-electron chi connectivity index (χ3n) is 5.25. The van der Waals surface area contributed by atoms with Gasteiger partial charge in [-0.1, -0.05) is 27.7 Å². The van der Waals surface area contributed by atoms with Crippen molar-refractivity contribution in [3.05, 3.63) is 0 Å². The van der Waals surface area contributed by atoms with Crippen LogP contribution in [0.1, 0.15) is 47.5 Å². The Morgan fingerprint density at radius 3 is 2.13 bits per heavy atom. The molecule has 11 nitrogen and oxygen atoms in total. The molecule has 11 heteroatoms. The van der Waals surface area contributed by atoms with E-state index in [2.05, 4.69) is 16.0 Å². The van der Waals surface area contributed by atoms with Crippen LogP contribution in [0.15, 0.2) is 0 Å². The maximum absolute atomic E-state index is 12.7. The minimum Gasteiger partial charge on any atom is -0.480 e. The minimum atomic E-state index is -1.20. The molecular weight excluding hydrogens is 406 g/mol. The van der Waals surface area contributed by atoms with E-state index >= 15 is 0 Å². The van der Waals surface area contributed by atoms with E-state index < -0.39 is 54.4 Å². The zero-order valence-electron chi connectivity index (χ0n) is 18.8. The van der Waals surface area contributed by atoms with Gasteiger partial charge in [-0.05, 0) is 31.6 Å². The Morgan fingerprint density at radius 1 is 1.00 bits per heavy atom. The summed E-state index contributed by atoms with van der Waals surface area (Å²) in [6, 6.07) is -3.32. The first kappa shape index (κ1) is 26.3. The summed E-state index contributed by atoms with van der Waals surface area (Å²) in [5.41, 5.74) is 5.94. The van der Waals surface area contributed by atoms with E-state index in [9.17, 15) is 24.0 Å². The second-order valence-electron chi connectivity index (χ2n) is 8.53. The first-order valence-electron chi connectivity index (χ1n) is 10.5. The largest absolute Gasteiger partial charge is 0.480 e.